The average Bonchev–Trinajstić information content (AvgIpc) is 3.07. The van der Waals surface area contributed by atoms with E-state index in [9.17, 15) is 9.59 Å². The van der Waals surface area contributed by atoms with Crippen molar-refractivity contribution in [3.63, 3.8) is 0 Å². The van der Waals surface area contributed by atoms with Crippen LogP contribution in [0, 0.1) is 6.92 Å². The van der Waals surface area contributed by atoms with Crippen LogP contribution in [-0.2, 0) is 9.53 Å². The van der Waals surface area contributed by atoms with Crippen molar-refractivity contribution in [3.8, 4) is 0 Å². The molecule has 0 radical (unpaired) electrons. The number of hydrogen-bond acceptors (Lipinski definition) is 4. The number of nitrogens with one attached hydrogen (secondary N) is 1. The number of anilines is 1. The summed E-state index contributed by atoms with van der Waals surface area (Å²) in [4.78, 5) is 31.2. The average molecular weight is 434 g/mol. The fourth-order valence-electron chi connectivity index (χ4n) is 3.18. The maximum absolute atomic E-state index is 12.7. The van der Waals surface area contributed by atoms with Crippen molar-refractivity contribution in [2.45, 2.75) is 52.2 Å². The number of halogens is 1. The van der Waals surface area contributed by atoms with E-state index in [1.165, 1.54) is 4.90 Å². The molecule has 1 aromatic heterocycles. The molecule has 0 unspecified atom stereocenters. The van der Waals surface area contributed by atoms with E-state index >= 15 is 0 Å². The third-order valence-corrected chi connectivity index (χ3v) is 5.37. The van der Waals surface area contributed by atoms with Crippen LogP contribution in [0.4, 0.5) is 10.6 Å². The molecule has 27 heavy (non-hydrogen) atoms. The van der Waals surface area contributed by atoms with Gasteiger partial charge in [0, 0.05) is 16.4 Å². The highest BCUT2D eigenvalue weighted by atomic mass is 79.9. The smallest absolute Gasteiger partial charge is 0.410 e. The van der Waals surface area contributed by atoms with Gasteiger partial charge in [-0.25, -0.2) is 9.78 Å². The van der Waals surface area contributed by atoms with Gasteiger partial charge in [0.25, 0.3) is 0 Å². The molecular weight excluding hydrogens is 410 g/mol. The molecule has 0 aliphatic carbocycles. The van der Waals surface area contributed by atoms with E-state index in [-0.39, 0.29) is 5.91 Å². The van der Waals surface area contributed by atoms with Crippen LogP contribution < -0.4 is 5.32 Å². The first-order valence-electron chi connectivity index (χ1n) is 9.02. The minimum absolute atomic E-state index is 0.237. The Balaban J connectivity index is 1.75. The lowest BCUT2D eigenvalue weighted by Gasteiger charge is -2.27. The number of hydrogen-bond donors (Lipinski definition) is 1. The Bertz CT molecular complexity index is 892. The predicted molar refractivity (Wildman–Crippen MR) is 109 cm³/mol. The summed E-state index contributed by atoms with van der Waals surface area (Å²) in [5.74, 6) is 0.240. The number of carbonyl (C=O) groups excluding carboxylic acids is 2. The topological polar surface area (TPSA) is 71.5 Å². The highest BCUT2D eigenvalue weighted by Crippen LogP contribution is 2.26. The van der Waals surface area contributed by atoms with Gasteiger partial charge in [-0.15, -0.1) is 0 Å². The minimum Gasteiger partial charge on any atom is -0.444 e. The van der Waals surface area contributed by atoms with Gasteiger partial charge >= 0.3 is 6.09 Å². The molecule has 144 valence electrons. The zero-order valence-electron chi connectivity index (χ0n) is 16.0. The molecule has 1 aliphatic rings. The number of aromatic nitrogens is 1. The molecule has 0 spiro atoms. The molecule has 1 N–H and O–H groups in total. The van der Waals surface area contributed by atoms with Gasteiger partial charge in [0.1, 0.15) is 17.5 Å². The van der Waals surface area contributed by atoms with Gasteiger partial charge in [-0.05, 0) is 70.4 Å². The normalized spacial score (nSPS) is 17.2. The number of amides is 2. The molecule has 2 aromatic rings. The summed E-state index contributed by atoms with van der Waals surface area (Å²) in [6.45, 7) is 7.98. The van der Waals surface area contributed by atoms with Crippen molar-refractivity contribution in [2.24, 2.45) is 0 Å². The summed E-state index contributed by atoms with van der Waals surface area (Å²) in [7, 11) is 0. The Labute approximate surface area is 167 Å². The molecule has 2 amide bonds. The number of benzene rings is 1. The van der Waals surface area contributed by atoms with Crippen molar-refractivity contribution in [2.75, 3.05) is 11.9 Å². The first-order chi connectivity index (χ1) is 12.7. The summed E-state index contributed by atoms with van der Waals surface area (Å²) >= 11 is 3.51. The Hall–Kier alpha value is -2.15. The van der Waals surface area contributed by atoms with Crippen LogP contribution in [0.1, 0.15) is 39.2 Å². The first kappa shape index (κ1) is 19.6. The summed E-state index contributed by atoms with van der Waals surface area (Å²) in [5, 5.41) is 3.87. The number of aryl methyl sites for hydroxylation is 1. The largest absolute Gasteiger partial charge is 0.444 e. The monoisotopic (exact) mass is 433 g/mol. The van der Waals surface area contributed by atoms with E-state index < -0.39 is 17.7 Å². The standard InChI is InChI=1S/C20H24BrN3O3/c1-12-13-7-10-17(22-15(13)9-8-14(12)21)23-18(25)16-6-5-11-24(16)19(26)27-20(2,3)4/h7-10,16H,5-6,11H2,1-4H3,(H,22,23,25)/t16-/m0/s1. The Morgan fingerprint density at radius 2 is 2.00 bits per heavy atom. The highest BCUT2D eigenvalue weighted by molar-refractivity contribution is 9.10. The van der Waals surface area contributed by atoms with Gasteiger partial charge in [0.2, 0.25) is 5.91 Å². The van der Waals surface area contributed by atoms with Gasteiger partial charge in [-0.2, -0.15) is 0 Å². The van der Waals surface area contributed by atoms with Crippen molar-refractivity contribution in [1.82, 2.24) is 9.88 Å². The summed E-state index contributed by atoms with van der Waals surface area (Å²) in [6.07, 6.45) is 0.938. The Kier molecular flexibility index (Phi) is 5.42. The van der Waals surface area contributed by atoms with Crippen molar-refractivity contribution in [3.05, 3.63) is 34.3 Å². The number of fused-ring (bicyclic) bond motifs is 1. The van der Waals surface area contributed by atoms with Crippen LogP contribution in [0.25, 0.3) is 10.9 Å². The van der Waals surface area contributed by atoms with E-state index in [0.717, 1.165) is 27.4 Å². The first-order valence-corrected chi connectivity index (χ1v) is 9.81. The lowest BCUT2D eigenvalue weighted by Crippen LogP contribution is -2.45. The van der Waals surface area contributed by atoms with Gasteiger partial charge in [0.15, 0.2) is 0 Å². The molecule has 1 aromatic carbocycles. The molecule has 2 heterocycles. The van der Waals surface area contributed by atoms with E-state index in [4.69, 9.17) is 4.74 Å². The second-order valence-corrected chi connectivity index (χ2v) is 8.61. The minimum atomic E-state index is -0.591. The zero-order chi connectivity index (χ0) is 19.8. The lowest BCUT2D eigenvalue weighted by atomic mass is 10.1. The number of ether oxygens (including phenoxy) is 1. The second kappa shape index (κ2) is 7.46. The maximum atomic E-state index is 12.7. The van der Waals surface area contributed by atoms with Crippen LogP contribution in [0.3, 0.4) is 0 Å². The molecule has 1 atom stereocenters. The second-order valence-electron chi connectivity index (χ2n) is 7.76. The van der Waals surface area contributed by atoms with E-state index in [1.807, 2.05) is 45.9 Å². The quantitative estimate of drug-likeness (QED) is 0.748. The molecule has 3 rings (SSSR count). The molecule has 1 saturated heterocycles. The SMILES string of the molecule is Cc1c(Br)ccc2nc(NC(=O)[C@@H]3CCCN3C(=O)OC(C)(C)C)ccc12. The van der Waals surface area contributed by atoms with E-state index in [0.29, 0.717) is 18.8 Å². The van der Waals surface area contributed by atoms with Crippen LogP contribution >= 0.6 is 15.9 Å². The number of carbonyl (C=O) groups is 2. The van der Waals surface area contributed by atoms with Crippen LogP contribution in [0.2, 0.25) is 0 Å². The molecule has 0 bridgehead atoms. The molecule has 6 nitrogen and oxygen atoms in total. The van der Waals surface area contributed by atoms with Crippen molar-refractivity contribution < 1.29 is 14.3 Å². The molecule has 1 fully saturated rings. The van der Waals surface area contributed by atoms with Crippen molar-refractivity contribution >= 4 is 44.7 Å². The predicted octanol–water partition coefficient (Wildman–Crippen LogP) is 4.64. The molecular formula is C20H24BrN3O3. The van der Waals surface area contributed by atoms with Crippen LogP contribution in [0.15, 0.2) is 28.7 Å². The summed E-state index contributed by atoms with van der Waals surface area (Å²) in [6, 6.07) is 7.04. The van der Waals surface area contributed by atoms with Gasteiger partial charge in [-0.1, -0.05) is 15.9 Å². The number of rotatable bonds is 2. The fraction of sp³-hybridized carbons (Fsp3) is 0.450. The number of likely N-dealkylation sites (tertiary alicyclic amines) is 1. The van der Waals surface area contributed by atoms with Crippen molar-refractivity contribution in [1.29, 1.82) is 0 Å². The summed E-state index contributed by atoms with van der Waals surface area (Å²) in [5.41, 5.74) is 1.32. The highest BCUT2D eigenvalue weighted by Gasteiger charge is 2.36. The van der Waals surface area contributed by atoms with E-state index in [2.05, 4.69) is 26.2 Å². The lowest BCUT2D eigenvalue weighted by molar-refractivity contribution is -0.120. The summed E-state index contributed by atoms with van der Waals surface area (Å²) < 4.78 is 6.44. The fourth-order valence-corrected chi connectivity index (χ4v) is 3.53. The van der Waals surface area contributed by atoms with Crippen LogP contribution in [-0.4, -0.2) is 40.1 Å². The van der Waals surface area contributed by atoms with Gasteiger partial charge < -0.3 is 10.1 Å². The number of pyridine rings is 1. The third kappa shape index (κ3) is 4.40. The molecule has 0 saturated carbocycles. The van der Waals surface area contributed by atoms with Gasteiger partial charge in [-0.3, -0.25) is 9.69 Å². The van der Waals surface area contributed by atoms with Crippen LogP contribution in [0.5, 0.6) is 0 Å². The zero-order valence-corrected chi connectivity index (χ0v) is 17.6. The Morgan fingerprint density at radius 1 is 1.26 bits per heavy atom. The molecule has 1 aliphatic heterocycles. The molecule has 7 heteroatoms. The van der Waals surface area contributed by atoms with E-state index in [1.54, 1.807) is 6.07 Å². The van der Waals surface area contributed by atoms with Gasteiger partial charge in [0.05, 0.1) is 5.52 Å². The number of nitrogens with zero attached hydrogens (tertiary/aromatic N) is 2. The Morgan fingerprint density at radius 3 is 2.70 bits per heavy atom. The maximum Gasteiger partial charge on any atom is 0.410 e. The third-order valence-electron chi connectivity index (χ3n) is 4.51.